The third kappa shape index (κ3) is 3.33. The van der Waals surface area contributed by atoms with Crippen LogP contribution < -0.4 is 9.64 Å². The summed E-state index contributed by atoms with van der Waals surface area (Å²) in [7, 11) is 0. The number of benzene rings is 1. The lowest BCUT2D eigenvalue weighted by Gasteiger charge is -2.34. The second-order valence-electron chi connectivity index (χ2n) is 4.96. The number of anilines is 1. The fourth-order valence-corrected chi connectivity index (χ4v) is 2.35. The number of ether oxygens (including phenoxy) is 1. The van der Waals surface area contributed by atoms with E-state index in [1.54, 1.807) is 23.1 Å². The van der Waals surface area contributed by atoms with E-state index in [0.717, 1.165) is 0 Å². The van der Waals surface area contributed by atoms with Crippen LogP contribution in [0.1, 0.15) is 31.7 Å². The number of aliphatic carboxylic acids is 1. The van der Waals surface area contributed by atoms with Crippen molar-refractivity contribution < 1.29 is 24.5 Å². The van der Waals surface area contributed by atoms with Gasteiger partial charge in [-0.25, -0.2) is 0 Å². The number of hydrogen-bond donors (Lipinski definition) is 2. The molecule has 114 valence electrons. The van der Waals surface area contributed by atoms with Gasteiger partial charge in [-0.05, 0) is 30.5 Å². The van der Waals surface area contributed by atoms with Crippen molar-refractivity contribution in [3.8, 4) is 5.75 Å². The number of nitrogens with zero attached hydrogens (tertiary/aromatic N) is 1. The van der Waals surface area contributed by atoms with E-state index in [1.807, 2.05) is 6.92 Å². The van der Waals surface area contributed by atoms with Crippen molar-refractivity contribution in [3.63, 3.8) is 0 Å². The maximum atomic E-state index is 12.4. The number of carboxylic acid groups (broad SMARTS) is 1. The van der Waals surface area contributed by atoms with Crippen molar-refractivity contribution in [2.45, 2.75) is 38.9 Å². The first-order chi connectivity index (χ1) is 10.1. The number of carbonyl (C=O) groups excluding carboxylic acids is 1. The zero-order valence-electron chi connectivity index (χ0n) is 11.9. The van der Waals surface area contributed by atoms with Gasteiger partial charge < -0.3 is 19.8 Å². The SMILES string of the molecule is CCC1Oc2cc(CO)ccc2N(CCCC(=O)O)C1=O. The second kappa shape index (κ2) is 6.58. The molecular formula is C15H19NO5. The third-order valence-corrected chi connectivity index (χ3v) is 3.45. The van der Waals surface area contributed by atoms with Crippen molar-refractivity contribution in [1.82, 2.24) is 0 Å². The second-order valence-corrected chi connectivity index (χ2v) is 4.96. The topological polar surface area (TPSA) is 87.1 Å². The quantitative estimate of drug-likeness (QED) is 0.831. The van der Waals surface area contributed by atoms with Crippen molar-refractivity contribution in [3.05, 3.63) is 23.8 Å². The van der Waals surface area contributed by atoms with Gasteiger partial charge in [0, 0.05) is 13.0 Å². The lowest BCUT2D eigenvalue weighted by molar-refractivity contribution is -0.137. The number of amides is 1. The molecule has 0 aromatic heterocycles. The lowest BCUT2D eigenvalue weighted by atomic mass is 10.1. The van der Waals surface area contributed by atoms with Crippen molar-refractivity contribution in [2.24, 2.45) is 0 Å². The van der Waals surface area contributed by atoms with Crippen LogP contribution in [0.15, 0.2) is 18.2 Å². The summed E-state index contributed by atoms with van der Waals surface area (Å²) in [6, 6.07) is 5.17. The minimum absolute atomic E-state index is 0.0193. The number of carbonyl (C=O) groups is 2. The molecule has 0 spiro atoms. The molecule has 1 aliphatic heterocycles. The summed E-state index contributed by atoms with van der Waals surface area (Å²) < 4.78 is 5.67. The molecule has 2 N–H and O–H groups in total. The van der Waals surface area contributed by atoms with E-state index in [9.17, 15) is 14.7 Å². The van der Waals surface area contributed by atoms with Gasteiger partial charge in [0.15, 0.2) is 6.10 Å². The van der Waals surface area contributed by atoms with Gasteiger partial charge in [0.05, 0.1) is 12.3 Å². The standard InChI is InChI=1S/C15H19NO5/c1-2-12-15(20)16(7-3-4-14(18)19)11-6-5-10(9-17)8-13(11)21-12/h5-6,8,12,17H,2-4,7,9H2,1H3,(H,18,19). The predicted molar refractivity (Wildman–Crippen MR) is 76.3 cm³/mol. The van der Waals surface area contributed by atoms with E-state index in [4.69, 9.17) is 9.84 Å². The number of hydrogen-bond acceptors (Lipinski definition) is 4. The van der Waals surface area contributed by atoms with Crippen LogP contribution in [0.5, 0.6) is 5.75 Å². The van der Waals surface area contributed by atoms with Crippen LogP contribution in [-0.4, -0.2) is 34.7 Å². The first kappa shape index (κ1) is 15.3. The molecule has 1 unspecified atom stereocenters. The zero-order chi connectivity index (χ0) is 15.4. The predicted octanol–water partition coefficient (Wildman–Crippen LogP) is 1.55. The molecule has 6 heteroatoms. The maximum Gasteiger partial charge on any atom is 0.303 e. The van der Waals surface area contributed by atoms with Crippen LogP contribution in [0.2, 0.25) is 0 Å². The Morgan fingerprint density at radius 1 is 1.43 bits per heavy atom. The highest BCUT2D eigenvalue weighted by Gasteiger charge is 2.33. The molecule has 0 radical (unpaired) electrons. The van der Waals surface area contributed by atoms with Crippen molar-refractivity contribution in [2.75, 3.05) is 11.4 Å². The van der Waals surface area contributed by atoms with Gasteiger partial charge in [-0.1, -0.05) is 13.0 Å². The lowest BCUT2D eigenvalue weighted by Crippen LogP contribution is -2.46. The third-order valence-electron chi connectivity index (χ3n) is 3.45. The van der Waals surface area contributed by atoms with Gasteiger partial charge in [0.25, 0.3) is 5.91 Å². The highest BCUT2D eigenvalue weighted by atomic mass is 16.5. The van der Waals surface area contributed by atoms with E-state index in [1.165, 1.54) is 0 Å². The van der Waals surface area contributed by atoms with Gasteiger partial charge in [0.2, 0.25) is 0 Å². The molecule has 1 aliphatic rings. The molecular weight excluding hydrogens is 274 g/mol. The smallest absolute Gasteiger partial charge is 0.303 e. The number of rotatable bonds is 6. The van der Waals surface area contributed by atoms with Gasteiger partial charge in [-0.3, -0.25) is 9.59 Å². The summed E-state index contributed by atoms with van der Waals surface area (Å²) >= 11 is 0. The first-order valence-corrected chi connectivity index (χ1v) is 7.00. The molecule has 0 fully saturated rings. The highest BCUT2D eigenvalue weighted by molar-refractivity contribution is 6.00. The molecule has 1 atom stereocenters. The summed E-state index contributed by atoms with van der Waals surface area (Å²) in [6.07, 6.45) is 0.387. The van der Waals surface area contributed by atoms with Gasteiger partial charge in [0.1, 0.15) is 5.75 Å². The normalized spacial score (nSPS) is 17.3. The van der Waals surface area contributed by atoms with Crippen LogP contribution in [0.4, 0.5) is 5.69 Å². The highest BCUT2D eigenvalue weighted by Crippen LogP contribution is 2.35. The van der Waals surface area contributed by atoms with Crippen LogP contribution in [0, 0.1) is 0 Å². The average molecular weight is 293 g/mol. The van der Waals surface area contributed by atoms with Crippen LogP contribution in [-0.2, 0) is 16.2 Å². The molecule has 1 aromatic carbocycles. The molecule has 0 saturated carbocycles. The van der Waals surface area contributed by atoms with Crippen LogP contribution in [0.3, 0.4) is 0 Å². The van der Waals surface area contributed by atoms with Crippen LogP contribution >= 0.6 is 0 Å². The summed E-state index contributed by atoms with van der Waals surface area (Å²) in [5.74, 6) is -0.464. The largest absolute Gasteiger partial charge is 0.481 e. The summed E-state index contributed by atoms with van der Waals surface area (Å²) in [5.41, 5.74) is 1.34. The van der Waals surface area contributed by atoms with Crippen molar-refractivity contribution in [1.29, 1.82) is 0 Å². The number of aliphatic hydroxyl groups excluding tert-OH is 1. The van der Waals surface area contributed by atoms with E-state index < -0.39 is 12.1 Å². The van der Waals surface area contributed by atoms with E-state index in [2.05, 4.69) is 0 Å². The Morgan fingerprint density at radius 3 is 2.81 bits per heavy atom. The Bertz CT molecular complexity index is 543. The van der Waals surface area contributed by atoms with Gasteiger partial charge >= 0.3 is 5.97 Å². The fourth-order valence-electron chi connectivity index (χ4n) is 2.35. The van der Waals surface area contributed by atoms with Crippen molar-refractivity contribution >= 4 is 17.6 Å². The van der Waals surface area contributed by atoms with Gasteiger partial charge in [-0.2, -0.15) is 0 Å². The minimum atomic E-state index is -0.876. The monoisotopic (exact) mass is 293 g/mol. The Hall–Kier alpha value is -2.08. The number of aliphatic hydroxyl groups is 1. The Balaban J connectivity index is 2.25. The summed E-state index contributed by atoms with van der Waals surface area (Å²) in [6.45, 7) is 2.11. The molecule has 1 heterocycles. The minimum Gasteiger partial charge on any atom is -0.481 e. The Labute approximate surface area is 122 Å². The average Bonchev–Trinajstić information content (AvgIpc) is 2.48. The fraction of sp³-hybridized carbons (Fsp3) is 0.467. The molecule has 1 amide bonds. The van der Waals surface area contributed by atoms with E-state index in [0.29, 0.717) is 36.4 Å². The maximum absolute atomic E-state index is 12.4. The zero-order valence-corrected chi connectivity index (χ0v) is 11.9. The van der Waals surface area contributed by atoms with E-state index in [-0.39, 0.29) is 18.9 Å². The van der Waals surface area contributed by atoms with Crippen LogP contribution in [0.25, 0.3) is 0 Å². The first-order valence-electron chi connectivity index (χ1n) is 7.00. The molecule has 1 aromatic rings. The number of carboxylic acids is 1. The summed E-state index contributed by atoms with van der Waals surface area (Å²) in [4.78, 5) is 24.6. The molecule has 0 aliphatic carbocycles. The molecule has 0 bridgehead atoms. The molecule has 0 saturated heterocycles. The Kier molecular flexibility index (Phi) is 4.80. The number of fused-ring (bicyclic) bond motifs is 1. The molecule has 2 rings (SSSR count). The molecule has 6 nitrogen and oxygen atoms in total. The van der Waals surface area contributed by atoms with E-state index >= 15 is 0 Å². The molecule has 21 heavy (non-hydrogen) atoms. The summed E-state index contributed by atoms with van der Waals surface area (Å²) in [5, 5.41) is 17.9. The van der Waals surface area contributed by atoms with Gasteiger partial charge in [-0.15, -0.1) is 0 Å². The Morgan fingerprint density at radius 2 is 2.19 bits per heavy atom.